The molecule has 1 aromatic carbocycles. The summed E-state index contributed by atoms with van der Waals surface area (Å²) >= 11 is 1.71. The minimum Gasteiger partial charge on any atom is -0.497 e. The number of rotatable bonds is 5. The number of benzene rings is 1. The second kappa shape index (κ2) is 7.65. The van der Waals surface area contributed by atoms with Crippen LogP contribution in [-0.2, 0) is 0 Å². The van der Waals surface area contributed by atoms with Crippen molar-refractivity contribution in [1.82, 2.24) is 9.88 Å². The average molecular weight is 360 g/mol. The van der Waals surface area contributed by atoms with Gasteiger partial charge in [0.1, 0.15) is 16.9 Å². The normalized spacial score (nSPS) is 16.6. The number of aromatic nitrogens is 1. The highest BCUT2D eigenvalue weighted by atomic mass is 32.2. The summed E-state index contributed by atoms with van der Waals surface area (Å²) in [5.74, 6) is 2.77. The van der Waals surface area contributed by atoms with Crippen molar-refractivity contribution < 1.29 is 19.0 Å². The molecule has 1 amide bonds. The zero-order valence-corrected chi connectivity index (χ0v) is 15.2. The zero-order chi connectivity index (χ0) is 17.8. The Balaban J connectivity index is 1.90. The van der Waals surface area contributed by atoms with E-state index in [9.17, 15) is 4.79 Å². The van der Waals surface area contributed by atoms with E-state index in [-0.39, 0.29) is 11.3 Å². The van der Waals surface area contributed by atoms with Crippen LogP contribution < -0.4 is 14.2 Å². The number of hydrogen-bond acceptors (Lipinski definition) is 6. The van der Waals surface area contributed by atoms with E-state index < -0.39 is 0 Å². The van der Waals surface area contributed by atoms with Crippen molar-refractivity contribution in [2.75, 3.05) is 33.6 Å². The Kier molecular flexibility index (Phi) is 5.33. The summed E-state index contributed by atoms with van der Waals surface area (Å²) in [6.45, 7) is 0.667. The van der Waals surface area contributed by atoms with Crippen molar-refractivity contribution in [3.8, 4) is 17.4 Å². The molecular weight excluding hydrogens is 340 g/mol. The lowest BCUT2D eigenvalue weighted by Gasteiger charge is -2.25. The Morgan fingerprint density at radius 1 is 1.16 bits per heavy atom. The van der Waals surface area contributed by atoms with Crippen LogP contribution >= 0.6 is 11.8 Å². The number of carbonyl (C=O) groups is 1. The van der Waals surface area contributed by atoms with Crippen LogP contribution in [0.1, 0.15) is 21.3 Å². The van der Waals surface area contributed by atoms with Gasteiger partial charge in [-0.05, 0) is 24.3 Å². The molecular formula is C18H20N2O4S. The summed E-state index contributed by atoms with van der Waals surface area (Å²) in [4.78, 5) is 18.9. The van der Waals surface area contributed by atoms with E-state index in [1.807, 2.05) is 23.1 Å². The molecule has 1 saturated heterocycles. The lowest BCUT2D eigenvalue weighted by atomic mass is 10.1. The second-order valence-corrected chi connectivity index (χ2v) is 6.61. The van der Waals surface area contributed by atoms with E-state index in [1.54, 1.807) is 51.4 Å². The lowest BCUT2D eigenvalue weighted by Crippen LogP contribution is -2.30. The number of nitrogens with zero attached hydrogens (tertiary/aromatic N) is 2. The summed E-state index contributed by atoms with van der Waals surface area (Å²) in [5.41, 5.74) is 1.47. The molecule has 0 saturated carbocycles. The molecule has 1 aromatic heterocycles. The Labute approximate surface area is 151 Å². The maximum Gasteiger partial charge on any atom is 0.256 e. The molecule has 2 heterocycles. The van der Waals surface area contributed by atoms with Crippen LogP contribution in [0, 0.1) is 0 Å². The lowest BCUT2D eigenvalue weighted by molar-refractivity contribution is 0.0758. The molecule has 7 heteroatoms. The molecule has 2 aromatic rings. The molecule has 0 spiro atoms. The van der Waals surface area contributed by atoms with Gasteiger partial charge in [0, 0.05) is 30.1 Å². The number of methoxy groups -OCH3 is 3. The fourth-order valence-corrected chi connectivity index (χ4v) is 4.03. The minimum absolute atomic E-state index is 0.0602. The smallest absolute Gasteiger partial charge is 0.256 e. The van der Waals surface area contributed by atoms with E-state index in [2.05, 4.69) is 4.98 Å². The van der Waals surface area contributed by atoms with Crippen molar-refractivity contribution in [3.63, 3.8) is 0 Å². The van der Waals surface area contributed by atoms with Gasteiger partial charge in [0.25, 0.3) is 5.91 Å². The topological polar surface area (TPSA) is 60.9 Å². The Hall–Kier alpha value is -2.41. The fraction of sp³-hybridized carbons (Fsp3) is 0.333. The SMILES string of the molecule is COc1ccc(OC)c(C2SCCN2C(=O)c2ccc(OC)nc2)c1. The van der Waals surface area contributed by atoms with E-state index >= 15 is 0 Å². The first-order chi connectivity index (χ1) is 12.2. The molecule has 1 unspecified atom stereocenters. The Morgan fingerprint density at radius 2 is 2.00 bits per heavy atom. The number of pyridine rings is 1. The predicted octanol–water partition coefficient (Wildman–Crippen LogP) is 3.00. The average Bonchev–Trinajstić information content (AvgIpc) is 3.16. The molecule has 0 bridgehead atoms. The Bertz CT molecular complexity index is 751. The highest BCUT2D eigenvalue weighted by molar-refractivity contribution is 7.99. The molecule has 0 aliphatic carbocycles. The number of carbonyl (C=O) groups excluding carboxylic acids is 1. The van der Waals surface area contributed by atoms with E-state index in [0.29, 0.717) is 18.0 Å². The van der Waals surface area contributed by atoms with Crippen LogP contribution in [0.3, 0.4) is 0 Å². The van der Waals surface area contributed by atoms with Gasteiger partial charge in [-0.25, -0.2) is 4.98 Å². The summed E-state index contributed by atoms with van der Waals surface area (Å²) in [6.07, 6.45) is 1.55. The highest BCUT2D eigenvalue weighted by Crippen LogP contribution is 2.43. The van der Waals surface area contributed by atoms with Gasteiger partial charge in [0.2, 0.25) is 5.88 Å². The van der Waals surface area contributed by atoms with Crippen LogP contribution in [0.2, 0.25) is 0 Å². The van der Waals surface area contributed by atoms with E-state index in [1.165, 1.54) is 0 Å². The molecule has 1 aliphatic heterocycles. The van der Waals surface area contributed by atoms with Gasteiger partial charge in [-0.2, -0.15) is 0 Å². The molecule has 0 N–H and O–H groups in total. The first-order valence-corrected chi connectivity index (χ1v) is 8.87. The molecule has 25 heavy (non-hydrogen) atoms. The largest absolute Gasteiger partial charge is 0.497 e. The molecule has 1 aliphatic rings. The maximum atomic E-state index is 12.9. The van der Waals surface area contributed by atoms with Crippen molar-refractivity contribution >= 4 is 17.7 Å². The highest BCUT2D eigenvalue weighted by Gasteiger charge is 2.33. The number of thioether (sulfide) groups is 1. The van der Waals surface area contributed by atoms with E-state index in [4.69, 9.17) is 14.2 Å². The third kappa shape index (κ3) is 3.51. The summed E-state index contributed by atoms with van der Waals surface area (Å²) < 4.78 is 15.9. The van der Waals surface area contributed by atoms with Crippen LogP contribution in [0.4, 0.5) is 0 Å². The van der Waals surface area contributed by atoms with E-state index in [0.717, 1.165) is 22.8 Å². The minimum atomic E-state index is -0.125. The molecule has 0 radical (unpaired) electrons. The van der Waals surface area contributed by atoms with Crippen molar-refractivity contribution in [3.05, 3.63) is 47.7 Å². The monoisotopic (exact) mass is 360 g/mol. The van der Waals surface area contributed by atoms with Crippen molar-refractivity contribution in [2.45, 2.75) is 5.37 Å². The second-order valence-electron chi connectivity index (χ2n) is 5.42. The van der Waals surface area contributed by atoms with Gasteiger partial charge < -0.3 is 19.1 Å². The molecule has 3 rings (SSSR count). The summed E-state index contributed by atoms with van der Waals surface area (Å²) in [7, 11) is 4.80. The van der Waals surface area contributed by atoms with Crippen LogP contribution in [0.25, 0.3) is 0 Å². The van der Waals surface area contributed by atoms with Crippen LogP contribution in [0.5, 0.6) is 17.4 Å². The summed E-state index contributed by atoms with van der Waals surface area (Å²) in [5, 5.41) is -0.125. The third-order valence-corrected chi connectivity index (χ3v) is 5.29. The standard InChI is InChI=1S/C18H20N2O4S/c1-22-13-5-6-15(23-2)14(10-13)18-20(8-9-25-18)17(21)12-4-7-16(24-3)19-11-12/h4-7,10-11,18H,8-9H2,1-3H3. The molecule has 1 fully saturated rings. The van der Waals surface area contributed by atoms with Gasteiger partial charge in [0.15, 0.2) is 0 Å². The van der Waals surface area contributed by atoms with Crippen LogP contribution in [-0.4, -0.2) is 49.4 Å². The van der Waals surface area contributed by atoms with Gasteiger partial charge in [-0.3, -0.25) is 4.79 Å². The maximum absolute atomic E-state index is 12.9. The zero-order valence-electron chi connectivity index (χ0n) is 14.4. The van der Waals surface area contributed by atoms with Gasteiger partial charge in [0.05, 0.1) is 26.9 Å². The number of ether oxygens (including phenoxy) is 3. The van der Waals surface area contributed by atoms with Crippen molar-refractivity contribution in [1.29, 1.82) is 0 Å². The Morgan fingerprint density at radius 3 is 2.64 bits per heavy atom. The first kappa shape index (κ1) is 17.4. The first-order valence-electron chi connectivity index (χ1n) is 7.82. The quantitative estimate of drug-likeness (QED) is 0.817. The van der Waals surface area contributed by atoms with Crippen molar-refractivity contribution in [2.24, 2.45) is 0 Å². The molecule has 6 nitrogen and oxygen atoms in total. The molecule has 1 atom stereocenters. The summed E-state index contributed by atoms with van der Waals surface area (Å²) in [6, 6.07) is 9.06. The van der Waals surface area contributed by atoms with Gasteiger partial charge in [-0.15, -0.1) is 11.8 Å². The van der Waals surface area contributed by atoms with Gasteiger partial charge >= 0.3 is 0 Å². The third-order valence-electron chi connectivity index (χ3n) is 4.05. The molecule has 132 valence electrons. The van der Waals surface area contributed by atoms with Gasteiger partial charge in [-0.1, -0.05) is 0 Å². The number of hydrogen-bond donors (Lipinski definition) is 0. The number of amides is 1. The predicted molar refractivity (Wildman–Crippen MR) is 96.6 cm³/mol. The van der Waals surface area contributed by atoms with Crippen LogP contribution in [0.15, 0.2) is 36.5 Å². The fourth-order valence-electron chi connectivity index (χ4n) is 2.76.